The molecule has 7 heteroatoms. The fourth-order valence-corrected chi connectivity index (χ4v) is 3.00. The van der Waals surface area contributed by atoms with Crippen molar-refractivity contribution in [1.29, 1.82) is 5.26 Å². The van der Waals surface area contributed by atoms with Gasteiger partial charge >= 0.3 is 5.97 Å². The van der Waals surface area contributed by atoms with Crippen molar-refractivity contribution in [2.75, 3.05) is 19.0 Å². The smallest absolute Gasteiger partial charge is 0.343 e. The van der Waals surface area contributed by atoms with E-state index >= 15 is 0 Å². The normalized spacial score (nSPS) is 10.7. The van der Waals surface area contributed by atoms with E-state index in [1.807, 2.05) is 25.1 Å². The lowest BCUT2D eigenvalue weighted by atomic mass is 10.1. The number of hydrogen-bond acceptors (Lipinski definition) is 6. The molecule has 0 aliphatic heterocycles. The molecule has 1 N–H and O–H groups in total. The highest BCUT2D eigenvalue weighted by Gasteiger charge is 2.15. The summed E-state index contributed by atoms with van der Waals surface area (Å²) in [6, 6.07) is 20.5. The lowest BCUT2D eigenvalue weighted by Crippen LogP contribution is -2.13. The van der Waals surface area contributed by atoms with Gasteiger partial charge in [-0.15, -0.1) is 0 Å². The van der Waals surface area contributed by atoms with Gasteiger partial charge in [-0.05, 0) is 74.0 Å². The summed E-state index contributed by atoms with van der Waals surface area (Å²) in [5.74, 6) is 0.150. The zero-order valence-electron chi connectivity index (χ0n) is 19.1. The molecule has 0 atom stereocenters. The number of esters is 1. The quantitative estimate of drug-likeness (QED) is 0.217. The van der Waals surface area contributed by atoms with E-state index in [2.05, 4.69) is 5.32 Å². The van der Waals surface area contributed by atoms with E-state index < -0.39 is 11.9 Å². The fourth-order valence-electron chi connectivity index (χ4n) is 3.00. The minimum atomic E-state index is -0.555. The van der Waals surface area contributed by atoms with Crippen molar-refractivity contribution in [1.82, 2.24) is 0 Å². The summed E-state index contributed by atoms with van der Waals surface area (Å²) in [6.07, 6.45) is 1.44. The molecular formula is C27H24N2O5. The number of nitrogens with one attached hydrogen (secondary N) is 1. The first-order chi connectivity index (χ1) is 16.4. The zero-order chi connectivity index (χ0) is 24.5. The SMILES string of the molecule is CCOc1cc(C=C(C#N)C(=O)Nc2ccc(OC)cc2)ccc1OC(=O)c1ccc(C)cc1. The Kier molecular flexibility index (Phi) is 8.03. The highest BCUT2D eigenvalue weighted by atomic mass is 16.6. The highest BCUT2D eigenvalue weighted by Crippen LogP contribution is 2.30. The Bertz CT molecular complexity index is 1240. The summed E-state index contributed by atoms with van der Waals surface area (Å²) < 4.78 is 16.2. The van der Waals surface area contributed by atoms with Gasteiger partial charge in [0.1, 0.15) is 17.4 Å². The first-order valence-electron chi connectivity index (χ1n) is 10.6. The van der Waals surface area contributed by atoms with Crippen molar-refractivity contribution in [2.45, 2.75) is 13.8 Å². The predicted octanol–water partition coefficient (Wildman–Crippen LogP) is 5.17. The number of aryl methyl sites for hydroxylation is 1. The van der Waals surface area contributed by atoms with E-state index in [0.717, 1.165) is 5.56 Å². The van der Waals surface area contributed by atoms with Crippen LogP contribution in [-0.4, -0.2) is 25.6 Å². The van der Waals surface area contributed by atoms with Gasteiger partial charge in [0.05, 0.1) is 19.3 Å². The second kappa shape index (κ2) is 11.3. The van der Waals surface area contributed by atoms with Gasteiger partial charge in [-0.3, -0.25) is 4.79 Å². The van der Waals surface area contributed by atoms with Gasteiger partial charge in [-0.1, -0.05) is 23.8 Å². The van der Waals surface area contributed by atoms with Crippen LogP contribution in [0.15, 0.2) is 72.3 Å². The van der Waals surface area contributed by atoms with Crippen LogP contribution in [0.3, 0.4) is 0 Å². The summed E-state index contributed by atoms with van der Waals surface area (Å²) >= 11 is 0. The number of hydrogen-bond donors (Lipinski definition) is 1. The lowest BCUT2D eigenvalue weighted by molar-refractivity contribution is -0.112. The van der Waals surface area contributed by atoms with E-state index in [1.165, 1.54) is 6.08 Å². The van der Waals surface area contributed by atoms with Crippen molar-refractivity contribution in [3.8, 4) is 23.3 Å². The van der Waals surface area contributed by atoms with Gasteiger partial charge in [0, 0.05) is 5.69 Å². The molecule has 0 aliphatic carbocycles. The molecule has 0 saturated heterocycles. The minimum Gasteiger partial charge on any atom is -0.497 e. The maximum absolute atomic E-state index is 12.6. The summed E-state index contributed by atoms with van der Waals surface area (Å²) in [7, 11) is 1.55. The Morgan fingerprint density at radius 3 is 2.32 bits per heavy atom. The van der Waals surface area contributed by atoms with Crippen LogP contribution >= 0.6 is 0 Å². The van der Waals surface area contributed by atoms with Gasteiger partial charge in [-0.2, -0.15) is 5.26 Å². The van der Waals surface area contributed by atoms with Crippen LogP contribution in [0.25, 0.3) is 6.08 Å². The number of nitrogens with zero attached hydrogens (tertiary/aromatic N) is 1. The second-order valence-corrected chi connectivity index (χ2v) is 7.25. The third kappa shape index (κ3) is 6.24. The highest BCUT2D eigenvalue weighted by molar-refractivity contribution is 6.09. The molecule has 0 spiro atoms. The van der Waals surface area contributed by atoms with Crippen molar-refractivity contribution >= 4 is 23.6 Å². The topological polar surface area (TPSA) is 97.7 Å². The zero-order valence-corrected chi connectivity index (χ0v) is 19.1. The van der Waals surface area contributed by atoms with Crippen molar-refractivity contribution in [2.24, 2.45) is 0 Å². The first-order valence-corrected chi connectivity index (χ1v) is 10.6. The van der Waals surface area contributed by atoms with Crippen molar-refractivity contribution in [3.63, 3.8) is 0 Å². The molecule has 0 saturated carbocycles. The van der Waals surface area contributed by atoms with Crippen LogP contribution < -0.4 is 19.5 Å². The molecule has 3 rings (SSSR count). The number of benzene rings is 3. The third-order valence-corrected chi connectivity index (χ3v) is 4.78. The van der Waals surface area contributed by atoms with Crippen LogP contribution in [0.2, 0.25) is 0 Å². The largest absolute Gasteiger partial charge is 0.497 e. The summed E-state index contributed by atoms with van der Waals surface area (Å²) in [5.41, 5.74) is 2.43. The molecule has 3 aromatic rings. The number of methoxy groups -OCH3 is 1. The van der Waals surface area contributed by atoms with Crippen LogP contribution in [0.5, 0.6) is 17.2 Å². The molecule has 0 aliphatic rings. The number of carbonyl (C=O) groups is 2. The molecule has 3 aromatic carbocycles. The monoisotopic (exact) mass is 456 g/mol. The average molecular weight is 456 g/mol. The van der Waals surface area contributed by atoms with Crippen LogP contribution in [0, 0.1) is 18.3 Å². The number of carbonyl (C=O) groups excluding carboxylic acids is 2. The van der Waals surface area contributed by atoms with E-state index in [-0.39, 0.29) is 11.3 Å². The molecule has 0 unspecified atom stereocenters. The standard InChI is InChI=1S/C27H24N2O5/c1-4-33-25-16-19(7-14-24(25)34-27(31)20-8-5-18(2)6-9-20)15-21(17-28)26(30)29-22-10-12-23(32-3)13-11-22/h5-16H,4H2,1-3H3,(H,29,30). The Morgan fingerprint density at radius 2 is 1.71 bits per heavy atom. The maximum Gasteiger partial charge on any atom is 0.343 e. The molecule has 0 aromatic heterocycles. The number of anilines is 1. The summed E-state index contributed by atoms with van der Waals surface area (Å²) in [5, 5.41) is 12.2. The molecular weight excluding hydrogens is 432 g/mol. The molecule has 0 bridgehead atoms. The first kappa shape index (κ1) is 24.1. The minimum absolute atomic E-state index is 0.0948. The van der Waals surface area contributed by atoms with Gasteiger partial charge < -0.3 is 19.5 Å². The van der Waals surface area contributed by atoms with Crippen molar-refractivity contribution in [3.05, 3.63) is 89.0 Å². The van der Waals surface area contributed by atoms with Gasteiger partial charge in [-0.25, -0.2) is 4.79 Å². The molecule has 0 radical (unpaired) electrons. The molecule has 172 valence electrons. The third-order valence-electron chi connectivity index (χ3n) is 4.78. The molecule has 0 fully saturated rings. The lowest BCUT2D eigenvalue weighted by Gasteiger charge is -2.12. The summed E-state index contributed by atoms with van der Waals surface area (Å²) in [4.78, 5) is 25.1. The van der Waals surface area contributed by atoms with Gasteiger partial charge in [0.2, 0.25) is 0 Å². The fraction of sp³-hybridized carbons (Fsp3) is 0.148. The molecule has 7 nitrogen and oxygen atoms in total. The molecule has 1 amide bonds. The number of rotatable bonds is 8. The Morgan fingerprint density at radius 1 is 1.00 bits per heavy atom. The van der Waals surface area contributed by atoms with Crippen LogP contribution in [-0.2, 0) is 4.79 Å². The van der Waals surface area contributed by atoms with Crippen LogP contribution in [0.4, 0.5) is 5.69 Å². The van der Waals surface area contributed by atoms with Gasteiger partial charge in [0.15, 0.2) is 11.5 Å². The number of ether oxygens (including phenoxy) is 3. The van der Waals surface area contributed by atoms with Crippen LogP contribution in [0.1, 0.15) is 28.4 Å². The van der Waals surface area contributed by atoms with Gasteiger partial charge in [0.25, 0.3) is 5.91 Å². The Balaban J connectivity index is 1.80. The summed E-state index contributed by atoms with van der Waals surface area (Å²) in [6.45, 7) is 4.07. The van der Waals surface area contributed by atoms with E-state index in [1.54, 1.807) is 68.6 Å². The predicted molar refractivity (Wildman–Crippen MR) is 129 cm³/mol. The number of nitriles is 1. The van der Waals surface area contributed by atoms with Crippen molar-refractivity contribution < 1.29 is 23.8 Å². The van der Waals surface area contributed by atoms with E-state index in [0.29, 0.717) is 34.9 Å². The molecule has 34 heavy (non-hydrogen) atoms. The second-order valence-electron chi connectivity index (χ2n) is 7.25. The molecule has 0 heterocycles. The number of amides is 1. The average Bonchev–Trinajstić information content (AvgIpc) is 2.85. The van der Waals surface area contributed by atoms with E-state index in [9.17, 15) is 14.9 Å². The Labute approximate surface area is 198 Å². The Hall–Kier alpha value is -4.57. The maximum atomic E-state index is 12.6. The van der Waals surface area contributed by atoms with E-state index in [4.69, 9.17) is 14.2 Å².